The fourth-order valence-electron chi connectivity index (χ4n) is 2.78. The van der Waals surface area contributed by atoms with Crippen molar-refractivity contribution >= 4 is 17.2 Å². The van der Waals surface area contributed by atoms with Crippen molar-refractivity contribution in [2.75, 3.05) is 0 Å². The number of nitrogens with one attached hydrogen (secondary N) is 1. The van der Waals surface area contributed by atoms with E-state index in [0.29, 0.717) is 0 Å². The Morgan fingerprint density at radius 2 is 1.95 bits per heavy atom. The fraction of sp³-hybridized carbons (Fsp3) is 0.353. The lowest BCUT2D eigenvalue weighted by atomic mass is 9.95. The van der Waals surface area contributed by atoms with Crippen LogP contribution in [0.15, 0.2) is 35.7 Å². The monoisotopic (exact) mass is 285 g/mol. The number of carbonyl (C=O) groups is 1. The van der Waals surface area contributed by atoms with E-state index in [1.165, 1.54) is 23.3 Å². The number of thiophene rings is 1. The standard InChI is InChI=1S/C17H19NOS/c1-12(13-7-3-2-4-8-13)18-17(19)15-11-20-16-10-6-5-9-14(15)16/h2-4,7-8,11-12H,5-6,9-10H2,1H3,(H,18,19). The molecule has 0 saturated carbocycles. The summed E-state index contributed by atoms with van der Waals surface area (Å²) in [5, 5.41) is 5.15. The largest absolute Gasteiger partial charge is 0.345 e. The second kappa shape index (κ2) is 5.80. The molecule has 20 heavy (non-hydrogen) atoms. The van der Waals surface area contributed by atoms with Crippen molar-refractivity contribution in [2.45, 2.75) is 38.6 Å². The molecule has 1 amide bonds. The first-order chi connectivity index (χ1) is 9.75. The number of rotatable bonds is 3. The number of hydrogen-bond acceptors (Lipinski definition) is 2. The highest BCUT2D eigenvalue weighted by Gasteiger charge is 2.21. The van der Waals surface area contributed by atoms with Crippen molar-refractivity contribution in [1.29, 1.82) is 0 Å². The molecule has 3 rings (SSSR count). The number of aryl methyl sites for hydroxylation is 1. The molecule has 0 aliphatic heterocycles. The minimum Gasteiger partial charge on any atom is -0.345 e. The SMILES string of the molecule is CC(NC(=O)c1csc2c1CCCC2)c1ccccc1. The number of hydrogen-bond donors (Lipinski definition) is 1. The topological polar surface area (TPSA) is 29.1 Å². The van der Waals surface area contributed by atoms with E-state index < -0.39 is 0 Å². The summed E-state index contributed by atoms with van der Waals surface area (Å²) < 4.78 is 0. The highest BCUT2D eigenvalue weighted by atomic mass is 32.1. The highest BCUT2D eigenvalue weighted by molar-refractivity contribution is 7.10. The zero-order valence-corrected chi connectivity index (χ0v) is 12.5. The maximum Gasteiger partial charge on any atom is 0.252 e. The zero-order valence-electron chi connectivity index (χ0n) is 11.7. The average Bonchev–Trinajstić information content (AvgIpc) is 2.92. The summed E-state index contributed by atoms with van der Waals surface area (Å²) in [6.45, 7) is 2.03. The number of amides is 1. The van der Waals surface area contributed by atoms with Gasteiger partial charge in [-0.25, -0.2) is 0 Å². The Balaban J connectivity index is 1.75. The predicted molar refractivity (Wildman–Crippen MR) is 83.3 cm³/mol. The molecule has 0 fully saturated rings. The Kier molecular flexibility index (Phi) is 3.88. The van der Waals surface area contributed by atoms with E-state index >= 15 is 0 Å². The summed E-state index contributed by atoms with van der Waals surface area (Å²) in [6, 6.07) is 10.1. The number of carbonyl (C=O) groups excluding carboxylic acids is 1. The first-order valence-corrected chi connectivity index (χ1v) is 8.08. The third kappa shape index (κ3) is 2.63. The van der Waals surface area contributed by atoms with Crippen LogP contribution >= 0.6 is 11.3 Å². The van der Waals surface area contributed by atoms with Crippen molar-refractivity contribution in [2.24, 2.45) is 0 Å². The molecule has 1 aliphatic rings. The number of benzene rings is 1. The molecule has 1 aliphatic carbocycles. The summed E-state index contributed by atoms with van der Waals surface area (Å²) in [6.07, 6.45) is 4.66. The molecular weight excluding hydrogens is 266 g/mol. The molecule has 1 atom stereocenters. The van der Waals surface area contributed by atoms with Gasteiger partial charge in [0.05, 0.1) is 11.6 Å². The average molecular weight is 285 g/mol. The molecule has 1 heterocycles. The fourth-order valence-corrected chi connectivity index (χ4v) is 3.91. The molecule has 1 unspecified atom stereocenters. The van der Waals surface area contributed by atoms with Gasteiger partial charge in [-0.2, -0.15) is 0 Å². The van der Waals surface area contributed by atoms with E-state index in [0.717, 1.165) is 24.0 Å². The maximum atomic E-state index is 12.5. The van der Waals surface area contributed by atoms with Crippen molar-refractivity contribution in [1.82, 2.24) is 5.32 Å². The summed E-state index contributed by atoms with van der Waals surface area (Å²) in [5.41, 5.74) is 3.33. The maximum absolute atomic E-state index is 12.5. The normalized spacial score (nSPS) is 15.4. The Bertz CT molecular complexity index is 603. The first kappa shape index (κ1) is 13.4. The molecule has 1 aromatic heterocycles. The lowest BCUT2D eigenvalue weighted by Crippen LogP contribution is -2.27. The van der Waals surface area contributed by atoms with Crippen LogP contribution in [-0.4, -0.2) is 5.91 Å². The molecule has 3 heteroatoms. The van der Waals surface area contributed by atoms with Gasteiger partial charge in [0.2, 0.25) is 0 Å². The second-order valence-corrected chi connectivity index (χ2v) is 6.33. The van der Waals surface area contributed by atoms with Crippen LogP contribution in [0.2, 0.25) is 0 Å². The van der Waals surface area contributed by atoms with Gasteiger partial charge < -0.3 is 5.32 Å². The van der Waals surface area contributed by atoms with Crippen molar-refractivity contribution in [3.63, 3.8) is 0 Å². The summed E-state index contributed by atoms with van der Waals surface area (Å²) in [5.74, 6) is 0.0701. The van der Waals surface area contributed by atoms with Crippen LogP contribution in [0.25, 0.3) is 0 Å². The van der Waals surface area contributed by atoms with E-state index in [2.05, 4.69) is 5.32 Å². The molecule has 2 nitrogen and oxygen atoms in total. The first-order valence-electron chi connectivity index (χ1n) is 7.21. The number of fused-ring (bicyclic) bond motifs is 1. The smallest absolute Gasteiger partial charge is 0.252 e. The van der Waals surface area contributed by atoms with E-state index in [4.69, 9.17) is 0 Å². The third-order valence-electron chi connectivity index (χ3n) is 3.95. The predicted octanol–water partition coefficient (Wildman–Crippen LogP) is 4.12. The third-order valence-corrected chi connectivity index (χ3v) is 5.04. The molecule has 0 bridgehead atoms. The van der Waals surface area contributed by atoms with Gasteiger partial charge in [0.1, 0.15) is 0 Å². The highest BCUT2D eigenvalue weighted by Crippen LogP contribution is 2.30. The molecule has 1 aromatic carbocycles. The lowest BCUT2D eigenvalue weighted by Gasteiger charge is -2.16. The van der Waals surface area contributed by atoms with Crippen LogP contribution in [0.3, 0.4) is 0 Å². The van der Waals surface area contributed by atoms with Gasteiger partial charge in [0, 0.05) is 10.3 Å². The molecular formula is C17H19NOS. The van der Waals surface area contributed by atoms with Gasteiger partial charge in [-0.05, 0) is 43.7 Å². The molecule has 0 spiro atoms. The summed E-state index contributed by atoms with van der Waals surface area (Å²) >= 11 is 1.74. The van der Waals surface area contributed by atoms with Crippen LogP contribution < -0.4 is 5.32 Å². The van der Waals surface area contributed by atoms with Crippen LogP contribution in [0.1, 0.15) is 52.2 Å². The summed E-state index contributed by atoms with van der Waals surface area (Å²) in [7, 11) is 0. The van der Waals surface area contributed by atoms with Gasteiger partial charge in [-0.3, -0.25) is 4.79 Å². The van der Waals surface area contributed by atoms with Gasteiger partial charge in [-0.15, -0.1) is 11.3 Å². The van der Waals surface area contributed by atoms with Crippen molar-refractivity contribution in [3.8, 4) is 0 Å². The van der Waals surface area contributed by atoms with Crippen LogP contribution in [-0.2, 0) is 12.8 Å². The Labute approximate surface area is 123 Å². The van der Waals surface area contributed by atoms with Gasteiger partial charge in [0.15, 0.2) is 0 Å². The molecule has 2 aromatic rings. The quantitative estimate of drug-likeness (QED) is 0.903. The molecule has 0 radical (unpaired) electrons. The minimum absolute atomic E-state index is 0.0443. The summed E-state index contributed by atoms with van der Waals surface area (Å²) in [4.78, 5) is 13.9. The van der Waals surface area contributed by atoms with Crippen LogP contribution in [0, 0.1) is 0 Å². The van der Waals surface area contributed by atoms with E-state index in [1.807, 2.05) is 42.6 Å². The second-order valence-electron chi connectivity index (χ2n) is 5.36. The van der Waals surface area contributed by atoms with E-state index in [-0.39, 0.29) is 11.9 Å². The zero-order chi connectivity index (χ0) is 13.9. The van der Waals surface area contributed by atoms with Gasteiger partial charge in [-0.1, -0.05) is 30.3 Å². The molecule has 1 N–H and O–H groups in total. The lowest BCUT2D eigenvalue weighted by molar-refractivity contribution is 0.0939. The van der Waals surface area contributed by atoms with Crippen LogP contribution in [0.4, 0.5) is 0 Å². The van der Waals surface area contributed by atoms with Crippen molar-refractivity contribution < 1.29 is 4.79 Å². The van der Waals surface area contributed by atoms with Gasteiger partial charge >= 0.3 is 0 Å². The molecule has 104 valence electrons. The Morgan fingerprint density at radius 3 is 2.75 bits per heavy atom. The van der Waals surface area contributed by atoms with Gasteiger partial charge in [0.25, 0.3) is 5.91 Å². The molecule has 0 saturated heterocycles. The van der Waals surface area contributed by atoms with Crippen LogP contribution in [0.5, 0.6) is 0 Å². The minimum atomic E-state index is 0.0443. The van der Waals surface area contributed by atoms with E-state index in [9.17, 15) is 4.79 Å². The Hall–Kier alpha value is -1.61. The van der Waals surface area contributed by atoms with E-state index in [1.54, 1.807) is 11.3 Å². The van der Waals surface area contributed by atoms with Crippen molar-refractivity contribution in [3.05, 3.63) is 57.3 Å². The Morgan fingerprint density at radius 1 is 1.20 bits per heavy atom.